The fourth-order valence-electron chi connectivity index (χ4n) is 4.11. The van der Waals surface area contributed by atoms with Gasteiger partial charge in [-0.25, -0.2) is 0 Å². The van der Waals surface area contributed by atoms with E-state index < -0.39 is 17.7 Å². The molecule has 1 saturated heterocycles. The van der Waals surface area contributed by atoms with E-state index in [1.165, 1.54) is 11.2 Å². The Bertz CT molecular complexity index is 1210. The lowest BCUT2D eigenvalue weighted by Gasteiger charge is -2.23. The molecule has 0 radical (unpaired) electrons. The number of Topliss-reactive ketones (excluding diaryl/α,β-unsaturated/α-hetero) is 1. The molecule has 33 heavy (non-hydrogen) atoms. The SMILES string of the molecule is CCOc1ccc(/C(O)=C2/C(=O)C(=O)N(c3ccc(C)cc3)C2c2ccco2)cc1C(C)C. The zero-order chi connectivity index (χ0) is 23.7. The number of nitrogens with zero attached hydrogens (tertiary/aromatic N) is 1. The molecular formula is C27H27NO5. The van der Waals surface area contributed by atoms with Crippen LogP contribution in [0.5, 0.6) is 5.75 Å². The molecule has 2 heterocycles. The summed E-state index contributed by atoms with van der Waals surface area (Å²) >= 11 is 0. The van der Waals surface area contributed by atoms with E-state index in [9.17, 15) is 14.7 Å². The van der Waals surface area contributed by atoms with Gasteiger partial charge in [-0.1, -0.05) is 31.5 Å². The van der Waals surface area contributed by atoms with Gasteiger partial charge in [-0.15, -0.1) is 0 Å². The van der Waals surface area contributed by atoms with Crippen LogP contribution in [0, 0.1) is 6.92 Å². The first-order valence-corrected chi connectivity index (χ1v) is 11.0. The van der Waals surface area contributed by atoms with Crippen LogP contribution in [-0.2, 0) is 9.59 Å². The van der Waals surface area contributed by atoms with Crippen molar-refractivity contribution in [3.05, 3.63) is 88.9 Å². The summed E-state index contributed by atoms with van der Waals surface area (Å²) in [5, 5.41) is 11.3. The number of hydrogen-bond donors (Lipinski definition) is 1. The van der Waals surface area contributed by atoms with E-state index in [0.29, 0.717) is 23.6 Å². The molecule has 6 heteroatoms. The van der Waals surface area contributed by atoms with Crippen molar-refractivity contribution < 1.29 is 23.8 Å². The number of aryl methyl sites for hydroxylation is 1. The average Bonchev–Trinajstić information content (AvgIpc) is 3.41. The molecular weight excluding hydrogens is 418 g/mol. The number of ether oxygens (including phenoxy) is 1. The topological polar surface area (TPSA) is 80.0 Å². The molecule has 0 aliphatic carbocycles. The van der Waals surface area contributed by atoms with Crippen molar-refractivity contribution in [1.82, 2.24) is 0 Å². The normalized spacial score (nSPS) is 17.7. The molecule has 1 aliphatic heterocycles. The van der Waals surface area contributed by atoms with Crippen molar-refractivity contribution in [3.8, 4) is 5.75 Å². The number of benzene rings is 2. The fourth-order valence-corrected chi connectivity index (χ4v) is 4.11. The van der Waals surface area contributed by atoms with Crippen molar-refractivity contribution in [2.75, 3.05) is 11.5 Å². The number of furan rings is 1. The lowest BCUT2D eigenvalue weighted by atomic mass is 9.95. The first-order chi connectivity index (χ1) is 15.8. The summed E-state index contributed by atoms with van der Waals surface area (Å²) < 4.78 is 11.3. The van der Waals surface area contributed by atoms with Gasteiger partial charge in [0.1, 0.15) is 23.3 Å². The zero-order valence-corrected chi connectivity index (χ0v) is 19.2. The van der Waals surface area contributed by atoms with E-state index in [0.717, 1.165) is 16.9 Å². The molecule has 2 aromatic carbocycles. The van der Waals surface area contributed by atoms with Crippen LogP contribution in [0.25, 0.3) is 5.76 Å². The van der Waals surface area contributed by atoms with Gasteiger partial charge in [-0.05, 0) is 67.8 Å². The Labute approximate surface area is 193 Å². The summed E-state index contributed by atoms with van der Waals surface area (Å²) in [6.45, 7) is 8.43. The second kappa shape index (κ2) is 8.98. The van der Waals surface area contributed by atoms with Gasteiger partial charge in [0, 0.05) is 11.3 Å². The third kappa shape index (κ3) is 4.04. The zero-order valence-electron chi connectivity index (χ0n) is 19.2. The van der Waals surface area contributed by atoms with Crippen LogP contribution in [0.15, 0.2) is 70.9 Å². The summed E-state index contributed by atoms with van der Waals surface area (Å²) in [5.41, 5.74) is 2.93. The summed E-state index contributed by atoms with van der Waals surface area (Å²) in [7, 11) is 0. The summed E-state index contributed by atoms with van der Waals surface area (Å²) in [6.07, 6.45) is 1.48. The van der Waals surface area contributed by atoms with E-state index in [2.05, 4.69) is 0 Å². The second-order valence-corrected chi connectivity index (χ2v) is 8.36. The van der Waals surface area contributed by atoms with E-state index in [4.69, 9.17) is 9.15 Å². The smallest absolute Gasteiger partial charge is 0.300 e. The molecule has 0 saturated carbocycles. The highest BCUT2D eigenvalue weighted by Crippen LogP contribution is 2.43. The maximum absolute atomic E-state index is 13.2. The lowest BCUT2D eigenvalue weighted by Crippen LogP contribution is -2.29. The Morgan fingerprint density at radius 1 is 1.12 bits per heavy atom. The first kappa shape index (κ1) is 22.4. The first-order valence-electron chi connectivity index (χ1n) is 11.0. The van der Waals surface area contributed by atoms with Crippen molar-refractivity contribution >= 4 is 23.1 Å². The van der Waals surface area contributed by atoms with Gasteiger partial charge >= 0.3 is 0 Å². The predicted molar refractivity (Wildman–Crippen MR) is 126 cm³/mol. The van der Waals surface area contributed by atoms with Crippen LogP contribution >= 0.6 is 0 Å². The quantitative estimate of drug-likeness (QED) is 0.297. The molecule has 1 amide bonds. The number of amides is 1. The van der Waals surface area contributed by atoms with Crippen molar-refractivity contribution in [2.24, 2.45) is 0 Å². The lowest BCUT2D eigenvalue weighted by molar-refractivity contribution is -0.132. The molecule has 0 spiro atoms. The highest BCUT2D eigenvalue weighted by molar-refractivity contribution is 6.51. The number of aliphatic hydroxyl groups is 1. The van der Waals surface area contributed by atoms with Gasteiger partial charge in [0.05, 0.1) is 18.4 Å². The minimum atomic E-state index is -0.878. The minimum absolute atomic E-state index is 0.00519. The number of carbonyl (C=O) groups excluding carboxylic acids is 2. The van der Waals surface area contributed by atoms with Crippen molar-refractivity contribution in [2.45, 2.75) is 39.7 Å². The van der Waals surface area contributed by atoms with Crippen LogP contribution in [0.4, 0.5) is 5.69 Å². The Morgan fingerprint density at radius 3 is 2.45 bits per heavy atom. The highest BCUT2D eigenvalue weighted by Gasteiger charge is 2.48. The molecule has 1 aliphatic rings. The van der Waals surface area contributed by atoms with Crippen LogP contribution in [0.1, 0.15) is 55.2 Å². The second-order valence-electron chi connectivity index (χ2n) is 8.36. The van der Waals surface area contributed by atoms with Gasteiger partial charge in [0.15, 0.2) is 0 Å². The van der Waals surface area contributed by atoms with Crippen LogP contribution in [-0.4, -0.2) is 23.4 Å². The molecule has 1 aromatic heterocycles. The van der Waals surface area contributed by atoms with Crippen LogP contribution in [0.3, 0.4) is 0 Å². The van der Waals surface area contributed by atoms with Gasteiger partial charge in [0.25, 0.3) is 11.7 Å². The number of ketones is 1. The summed E-state index contributed by atoms with van der Waals surface area (Å²) in [4.78, 5) is 27.7. The number of hydrogen-bond acceptors (Lipinski definition) is 5. The maximum Gasteiger partial charge on any atom is 0.300 e. The van der Waals surface area contributed by atoms with E-state index >= 15 is 0 Å². The Morgan fingerprint density at radius 2 is 1.85 bits per heavy atom. The number of carbonyl (C=O) groups is 2. The van der Waals surface area contributed by atoms with Crippen molar-refractivity contribution in [3.63, 3.8) is 0 Å². The van der Waals surface area contributed by atoms with Gasteiger partial charge in [-0.3, -0.25) is 14.5 Å². The monoisotopic (exact) mass is 445 g/mol. The van der Waals surface area contributed by atoms with E-state index in [-0.39, 0.29) is 17.3 Å². The molecule has 1 unspecified atom stereocenters. The third-order valence-electron chi connectivity index (χ3n) is 5.77. The summed E-state index contributed by atoms with van der Waals surface area (Å²) in [6, 6.07) is 15.1. The van der Waals surface area contributed by atoms with E-state index in [1.54, 1.807) is 36.4 Å². The molecule has 1 atom stereocenters. The van der Waals surface area contributed by atoms with Gasteiger partial charge < -0.3 is 14.3 Å². The van der Waals surface area contributed by atoms with Gasteiger partial charge in [0.2, 0.25) is 0 Å². The fraction of sp³-hybridized carbons (Fsp3) is 0.259. The molecule has 1 N–H and O–H groups in total. The molecule has 170 valence electrons. The maximum atomic E-state index is 13.2. The molecule has 6 nitrogen and oxygen atoms in total. The molecule has 3 aromatic rings. The average molecular weight is 446 g/mol. The number of anilines is 1. The standard InChI is InChI=1S/C27H27NO5/c1-5-32-21-13-10-18(15-20(21)16(2)3)25(29)23-24(22-7-6-14-33-22)28(27(31)26(23)30)19-11-8-17(4)9-12-19/h6-16,24,29H,5H2,1-4H3/b25-23-. The molecule has 4 rings (SSSR count). The van der Waals surface area contributed by atoms with Crippen molar-refractivity contribution in [1.29, 1.82) is 0 Å². The Kier molecular flexibility index (Phi) is 6.09. The number of aliphatic hydroxyl groups excluding tert-OH is 1. The Hall–Kier alpha value is -3.80. The predicted octanol–water partition coefficient (Wildman–Crippen LogP) is 5.74. The van der Waals surface area contributed by atoms with E-state index in [1.807, 2.05) is 45.9 Å². The summed E-state index contributed by atoms with van der Waals surface area (Å²) in [5.74, 6) is -0.450. The van der Waals surface area contributed by atoms with Crippen LogP contribution < -0.4 is 9.64 Å². The third-order valence-corrected chi connectivity index (χ3v) is 5.77. The molecule has 1 fully saturated rings. The Balaban J connectivity index is 1.89. The minimum Gasteiger partial charge on any atom is -0.507 e. The molecule has 0 bridgehead atoms. The van der Waals surface area contributed by atoms with Gasteiger partial charge in [-0.2, -0.15) is 0 Å². The van der Waals surface area contributed by atoms with Crippen LogP contribution in [0.2, 0.25) is 0 Å². The largest absolute Gasteiger partial charge is 0.507 e. The highest BCUT2D eigenvalue weighted by atomic mass is 16.5. The number of rotatable bonds is 6.